The van der Waals surface area contributed by atoms with Crippen LogP contribution in [-0.4, -0.2) is 72.1 Å². The van der Waals surface area contributed by atoms with Crippen LogP contribution in [0.3, 0.4) is 0 Å². The van der Waals surface area contributed by atoms with Gasteiger partial charge in [-0.15, -0.1) is 0 Å². The van der Waals surface area contributed by atoms with Crippen LogP contribution in [0.4, 0.5) is 0 Å². The third kappa shape index (κ3) is 7.45. The van der Waals surface area contributed by atoms with Crippen molar-refractivity contribution in [3.8, 4) is 5.75 Å². The SMILES string of the molecule is CC(=O)N[C@@H]1[C@@H](OC(=O)c2ccc(O)cc2)O[C@@H](COC(C)=O)[C@@H](OC(C)=O)[C@H]1OC(C)=O. The van der Waals surface area contributed by atoms with Gasteiger partial charge in [-0.2, -0.15) is 0 Å². The highest BCUT2D eigenvalue weighted by molar-refractivity contribution is 5.89. The molecule has 12 heteroatoms. The first-order valence-electron chi connectivity index (χ1n) is 9.88. The number of carbonyl (C=O) groups is 5. The molecule has 12 nitrogen and oxygen atoms in total. The number of benzene rings is 1. The van der Waals surface area contributed by atoms with Gasteiger partial charge in [0.25, 0.3) is 0 Å². The molecule has 1 aromatic carbocycles. The van der Waals surface area contributed by atoms with Gasteiger partial charge < -0.3 is 34.1 Å². The molecule has 0 saturated carbocycles. The van der Waals surface area contributed by atoms with Crippen molar-refractivity contribution in [1.82, 2.24) is 5.32 Å². The van der Waals surface area contributed by atoms with E-state index in [4.69, 9.17) is 23.7 Å². The van der Waals surface area contributed by atoms with Gasteiger partial charge in [-0.25, -0.2) is 4.79 Å². The molecule has 1 amide bonds. The van der Waals surface area contributed by atoms with Crippen molar-refractivity contribution < 1.29 is 52.8 Å². The molecule has 180 valence electrons. The number of nitrogens with one attached hydrogen (secondary N) is 1. The smallest absolute Gasteiger partial charge is 0.340 e. The van der Waals surface area contributed by atoms with E-state index >= 15 is 0 Å². The zero-order valence-electron chi connectivity index (χ0n) is 18.4. The maximum atomic E-state index is 12.6. The van der Waals surface area contributed by atoms with Crippen LogP contribution in [0.2, 0.25) is 0 Å². The molecule has 1 heterocycles. The molecule has 1 aliphatic heterocycles. The Bertz CT molecular complexity index is 898. The van der Waals surface area contributed by atoms with Crippen LogP contribution in [0.25, 0.3) is 0 Å². The number of hydrogen-bond acceptors (Lipinski definition) is 11. The minimum atomic E-state index is -1.52. The number of esters is 4. The van der Waals surface area contributed by atoms with Crippen molar-refractivity contribution in [1.29, 1.82) is 0 Å². The quantitative estimate of drug-likeness (QED) is 0.416. The number of hydrogen-bond donors (Lipinski definition) is 2. The van der Waals surface area contributed by atoms with Crippen LogP contribution >= 0.6 is 0 Å². The average molecular weight is 467 g/mol. The monoisotopic (exact) mass is 467 g/mol. The number of phenols is 1. The van der Waals surface area contributed by atoms with Gasteiger partial charge in [-0.1, -0.05) is 0 Å². The fourth-order valence-corrected chi connectivity index (χ4v) is 3.16. The Balaban J connectivity index is 2.42. The van der Waals surface area contributed by atoms with E-state index in [1.807, 2.05) is 0 Å². The first-order valence-corrected chi connectivity index (χ1v) is 9.88. The molecular formula is C21H25NO11. The number of ether oxygens (including phenoxy) is 5. The van der Waals surface area contributed by atoms with Crippen LogP contribution < -0.4 is 5.32 Å². The van der Waals surface area contributed by atoms with Crippen LogP contribution in [0.1, 0.15) is 38.1 Å². The predicted octanol–water partition coefficient (Wildman–Crippen LogP) is 0.205. The molecule has 0 aromatic heterocycles. The molecule has 1 aliphatic rings. The van der Waals surface area contributed by atoms with E-state index in [1.165, 1.54) is 31.2 Å². The summed E-state index contributed by atoms with van der Waals surface area (Å²) in [6.07, 6.45) is -5.37. The first kappa shape index (κ1) is 25.6. The first-order chi connectivity index (χ1) is 15.5. The van der Waals surface area contributed by atoms with Gasteiger partial charge >= 0.3 is 23.9 Å². The summed E-state index contributed by atoms with van der Waals surface area (Å²) in [6.45, 7) is 4.11. The highest BCUT2D eigenvalue weighted by Crippen LogP contribution is 2.28. The summed E-state index contributed by atoms with van der Waals surface area (Å²) >= 11 is 0. The van der Waals surface area contributed by atoms with E-state index in [2.05, 4.69) is 5.32 Å². The van der Waals surface area contributed by atoms with Crippen LogP contribution in [0, 0.1) is 0 Å². The maximum absolute atomic E-state index is 12.6. The fourth-order valence-electron chi connectivity index (χ4n) is 3.16. The van der Waals surface area contributed by atoms with Crippen molar-refractivity contribution in [2.75, 3.05) is 6.61 Å². The van der Waals surface area contributed by atoms with E-state index in [-0.39, 0.29) is 11.3 Å². The standard InChI is InChI=1S/C21H25NO11/c1-10(23)22-17-19(31-13(4)26)18(30-12(3)25)16(9-29-11(2)24)32-21(17)33-20(28)14-5-7-15(27)8-6-14/h5-8,16-19,21,27H,9H2,1-4H3,(H,22,23)/t16-,17-,18+,19-,21+/m0/s1. The molecule has 33 heavy (non-hydrogen) atoms. The summed E-state index contributed by atoms with van der Waals surface area (Å²) in [5, 5.41) is 11.9. The second kappa shape index (κ2) is 11.3. The molecule has 1 fully saturated rings. The van der Waals surface area contributed by atoms with Gasteiger partial charge in [0.2, 0.25) is 12.2 Å². The van der Waals surface area contributed by atoms with Gasteiger partial charge in [-0.3, -0.25) is 19.2 Å². The lowest BCUT2D eigenvalue weighted by molar-refractivity contribution is -0.263. The molecule has 1 saturated heterocycles. The summed E-state index contributed by atoms with van der Waals surface area (Å²) in [5.74, 6) is -3.72. The van der Waals surface area contributed by atoms with Crippen LogP contribution in [-0.2, 0) is 42.9 Å². The summed E-state index contributed by atoms with van der Waals surface area (Å²) in [5.41, 5.74) is 0.0562. The van der Waals surface area contributed by atoms with Gasteiger partial charge in [0, 0.05) is 27.7 Å². The van der Waals surface area contributed by atoms with Crippen LogP contribution in [0.15, 0.2) is 24.3 Å². The van der Waals surface area contributed by atoms with Crippen LogP contribution in [0.5, 0.6) is 5.75 Å². The third-order valence-electron chi connectivity index (χ3n) is 4.40. The molecule has 2 N–H and O–H groups in total. The molecule has 0 spiro atoms. The average Bonchev–Trinajstić information content (AvgIpc) is 2.70. The molecular weight excluding hydrogens is 442 g/mol. The van der Waals surface area contributed by atoms with Gasteiger partial charge in [0.15, 0.2) is 12.2 Å². The topological polar surface area (TPSA) is 164 Å². The zero-order valence-corrected chi connectivity index (χ0v) is 18.4. The zero-order chi connectivity index (χ0) is 24.7. The molecule has 5 atom stereocenters. The van der Waals surface area contributed by atoms with Crippen molar-refractivity contribution in [2.45, 2.75) is 58.3 Å². The van der Waals surface area contributed by atoms with E-state index in [9.17, 15) is 29.1 Å². The molecule has 0 aliphatic carbocycles. The minimum Gasteiger partial charge on any atom is -0.508 e. The molecule has 1 aromatic rings. The highest BCUT2D eigenvalue weighted by atomic mass is 16.7. The van der Waals surface area contributed by atoms with Crippen molar-refractivity contribution in [3.05, 3.63) is 29.8 Å². The van der Waals surface area contributed by atoms with E-state index in [0.29, 0.717) is 0 Å². The number of phenolic OH excluding ortho intramolecular Hbond substituents is 1. The second-order valence-electron chi connectivity index (χ2n) is 7.17. The number of aromatic hydroxyl groups is 1. The van der Waals surface area contributed by atoms with Gasteiger partial charge in [0.1, 0.15) is 24.5 Å². The molecule has 0 unspecified atom stereocenters. The third-order valence-corrected chi connectivity index (χ3v) is 4.40. The van der Waals surface area contributed by atoms with E-state index in [0.717, 1.165) is 20.8 Å². The summed E-state index contributed by atoms with van der Waals surface area (Å²) in [6, 6.07) is 3.87. The number of carbonyl (C=O) groups excluding carboxylic acids is 5. The minimum absolute atomic E-state index is 0.0562. The Morgan fingerprint density at radius 2 is 1.45 bits per heavy atom. The lowest BCUT2D eigenvalue weighted by atomic mass is 9.96. The summed E-state index contributed by atoms with van der Waals surface area (Å²) < 4.78 is 26.7. The van der Waals surface area contributed by atoms with Crippen molar-refractivity contribution in [3.63, 3.8) is 0 Å². The molecule has 0 radical (unpaired) electrons. The maximum Gasteiger partial charge on any atom is 0.340 e. The van der Waals surface area contributed by atoms with Gasteiger partial charge in [-0.05, 0) is 24.3 Å². The van der Waals surface area contributed by atoms with Crippen molar-refractivity contribution >= 4 is 29.8 Å². The highest BCUT2D eigenvalue weighted by Gasteiger charge is 2.52. The Labute approximate surface area is 189 Å². The Morgan fingerprint density at radius 1 is 0.879 bits per heavy atom. The van der Waals surface area contributed by atoms with E-state index < -0.39 is 67.0 Å². The predicted molar refractivity (Wildman–Crippen MR) is 108 cm³/mol. The summed E-state index contributed by atoms with van der Waals surface area (Å²) in [7, 11) is 0. The van der Waals surface area contributed by atoms with E-state index in [1.54, 1.807) is 0 Å². The Kier molecular flexibility index (Phi) is 8.74. The normalized spacial score (nSPS) is 24.2. The lowest BCUT2D eigenvalue weighted by Gasteiger charge is -2.44. The van der Waals surface area contributed by atoms with Gasteiger partial charge in [0.05, 0.1) is 5.56 Å². The number of rotatable bonds is 7. The lowest BCUT2D eigenvalue weighted by Crippen LogP contribution is -2.66. The molecule has 2 rings (SSSR count). The second-order valence-corrected chi connectivity index (χ2v) is 7.17. The largest absolute Gasteiger partial charge is 0.508 e. The molecule has 0 bridgehead atoms. The summed E-state index contributed by atoms with van der Waals surface area (Å²) in [4.78, 5) is 59.3. The number of amides is 1. The Morgan fingerprint density at radius 3 is 1.97 bits per heavy atom. The fraction of sp³-hybridized carbons (Fsp3) is 0.476. The van der Waals surface area contributed by atoms with Crippen molar-refractivity contribution in [2.24, 2.45) is 0 Å². The Hall–Kier alpha value is -3.67.